The number of rotatable bonds is 5. The van der Waals surface area contributed by atoms with Gasteiger partial charge < -0.3 is 15.2 Å². The smallest absolute Gasteiger partial charge is 0.258 e. The lowest BCUT2D eigenvalue weighted by atomic mass is 10.2. The maximum absolute atomic E-state index is 12.7. The highest BCUT2D eigenvalue weighted by Gasteiger charge is 2.17. The van der Waals surface area contributed by atoms with E-state index in [9.17, 15) is 9.59 Å². The third-order valence-corrected chi connectivity index (χ3v) is 3.25. The van der Waals surface area contributed by atoms with E-state index in [-0.39, 0.29) is 11.5 Å². The van der Waals surface area contributed by atoms with E-state index in [0.717, 1.165) is 5.69 Å². The molecule has 110 valence electrons. The minimum absolute atomic E-state index is 0.188. The van der Waals surface area contributed by atoms with Crippen LogP contribution in [-0.4, -0.2) is 23.6 Å². The predicted molar refractivity (Wildman–Crippen MR) is 83.5 cm³/mol. The predicted octanol–water partition coefficient (Wildman–Crippen LogP) is 1.38. The molecule has 0 radical (unpaired) electrons. The topological polar surface area (TPSA) is 68.3 Å². The molecule has 0 spiro atoms. The van der Waals surface area contributed by atoms with E-state index < -0.39 is 0 Å². The Balaban J connectivity index is 2.33. The standard InChI is InChI=1S/C16H19N3O2/c1-18-11-8-13(12-15(18)20)16(21)19(10-5-9-17)14-6-3-2-4-7-14/h2-4,6-8,11-12H,5,9-10,17H2,1H3. The molecule has 0 unspecified atom stereocenters. The summed E-state index contributed by atoms with van der Waals surface area (Å²) < 4.78 is 1.43. The molecule has 21 heavy (non-hydrogen) atoms. The number of benzene rings is 1. The second-order valence-electron chi connectivity index (χ2n) is 4.80. The molecular formula is C16H19N3O2. The average Bonchev–Trinajstić information content (AvgIpc) is 2.51. The van der Waals surface area contributed by atoms with Crippen LogP contribution in [0.1, 0.15) is 16.8 Å². The highest BCUT2D eigenvalue weighted by Crippen LogP contribution is 2.16. The number of para-hydroxylation sites is 1. The first-order valence-corrected chi connectivity index (χ1v) is 6.87. The van der Waals surface area contributed by atoms with E-state index >= 15 is 0 Å². The number of hydrogen-bond acceptors (Lipinski definition) is 3. The van der Waals surface area contributed by atoms with Crippen LogP contribution in [0.5, 0.6) is 0 Å². The fourth-order valence-corrected chi connectivity index (χ4v) is 2.04. The summed E-state index contributed by atoms with van der Waals surface area (Å²) in [6.07, 6.45) is 2.30. The number of pyridine rings is 1. The molecule has 1 aromatic carbocycles. The summed E-state index contributed by atoms with van der Waals surface area (Å²) >= 11 is 0. The van der Waals surface area contributed by atoms with Gasteiger partial charge in [-0.3, -0.25) is 9.59 Å². The highest BCUT2D eigenvalue weighted by atomic mass is 16.2. The van der Waals surface area contributed by atoms with E-state index in [4.69, 9.17) is 5.73 Å². The zero-order chi connectivity index (χ0) is 15.2. The van der Waals surface area contributed by atoms with E-state index in [1.165, 1.54) is 10.6 Å². The minimum Gasteiger partial charge on any atom is -0.330 e. The molecule has 1 aromatic heterocycles. The van der Waals surface area contributed by atoms with Crippen LogP contribution in [0.4, 0.5) is 5.69 Å². The second kappa shape index (κ2) is 6.85. The molecular weight excluding hydrogens is 266 g/mol. The Hall–Kier alpha value is -2.40. The quantitative estimate of drug-likeness (QED) is 0.902. The third kappa shape index (κ3) is 3.58. The maximum Gasteiger partial charge on any atom is 0.258 e. The Morgan fingerprint density at radius 1 is 1.24 bits per heavy atom. The normalized spacial score (nSPS) is 10.4. The first-order chi connectivity index (χ1) is 10.1. The number of aryl methyl sites for hydroxylation is 1. The van der Waals surface area contributed by atoms with Crippen LogP contribution >= 0.6 is 0 Å². The lowest BCUT2D eigenvalue weighted by molar-refractivity contribution is 0.0986. The number of hydrogen-bond donors (Lipinski definition) is 1. The number of carbonyl (C=O) groups excluding carboxylic acids is 1. The van der Waals surface area contributed by atoms with Crippen molar-refractivity contribution in [2.75, 3.05) is 18.0 Å². The van der Waals surface area contributed by atoms with Gasteiger partial charge in [-0.05, 0) is 31.2 Å². The lowest BCUT2D eigenvalue weighted by Gasteiger charge is -2.22. The molecule has 0 aliphatic carbocycles. The van der Waals surface area contributed by atoms with Gasteiger partial charge in [0.25, 0.3) is 11.5 Å². The largest absolute Gasteiger partial charge is 0.330 e. The number of aromatic nitrogens is 1. The SMILES string of the molecule is Cn1ccc(C(=O)N(CCCN)c2ccccc2)cc1=O. The van der Waals surface area contributed by atoms with Crippen LogP contribution in [0, 0.1) is 0 Å². The summed E-state index contributed by atoms with van der Waals surface area (Å²) in [5.41, 5.74) is 6.54. The molecule has 0 aliphatic heterocycles. The summed E-state index contributed by atoms with van der Waals surface area (Å²) in [5.74, 6) is -0.188. The van der Waals surface area contributed by atoms with E-state index in [0.29, 0.717) is 25.1 Å². The molecule has 2 N–H and O–H groups in total. The van der Waals surface area contributed by atoms with Crippen LogP contribution in [-0.2, 0) is 7.05 Å². The van der Waals surface area contributed by atoms with Gasteiger partial charge in [-0.25, -0.2) is 0 Å². The Kier molecular flexibility index (Phi) is 4.90. The molecule has 2 aromatic rings. The molecule has 2 rings (SSSR count). The summed E-state index contributed by atoms with van der Waals surface area (Å²) in [7, 11) is 1.65. The monoisotopic (exact) mass is 285 g/mol. The van der Waals surface area contributed by atoms with Gasteiger partial charge in [-0.2, -0.15) is 0 Å². The van der Waals surface area contributed by atoms with Crippen LogP contribution in [0.25, 0.3) is 0 Å². The number of nitrogens with two attached hydrogens (primary N) is 1. The third-order valence-electron chi connectivity index (χ3n) is 3.25. The van der Waals surface area contributed by atoms with Crippen LogP contribution in [0.2, 0.25) is 0 Å². The second-order valence-corrected chi connectivity index (χ2v) is 4.80. The first-order valence-electron chi connectivity index (χ1n) is 6.87. The van der Waals surface area contributed by atoms with Crippen molar-refractivity contribution in [3.8, 4) is 0 Å². The summed E-state index contributed by atoms with van der Waals surface area (Å²) in [6, 6.07) is 12.4. The molecule has 0 atom stereocenters. The van der Waals surface area contributed by atoms with Gasteiger partial charge in [0.1, 0.15) is 0 Å². The number of anilines is 1. The molecule has 0 bridgehead atoms. The van der Waals surface area contributed by atoms with Crippen LogP contribution < -0.4 is 16.2 Å². The van der Waals surface area contributed by atoms with Crippen molar-refractivity contribution in [3.05, 3.63) is 64.6 Å². The highest BCUT2D eigenvalue weighted by molar-refractivity contribution is 6.05. The fraction of sp³-hybridized carbons (Fsp3) is 0.250. The number of amides is 1. The van der Waals surface area contributed by atoms with Crippen molar-refractivity contribution < 1.29 is 4.79 Å². The first kappa shape index (κ1) is 15.0. The van der Waals surface area contributed by atoms with Crippen molar-refractivity contribution in [1.29, 1.82) is 0 Å². The minimum atomic E-state index is -0.201. The van der Waals surface area contributed by atoms with E-state index in [2.05, 4.69) is 0 Å². The Labute approximate surface area is 123 Å². The van der Waals surface area contributed by atoms with Crippen LogP contribution in [0.3, 0.4) is 0 Å². The molecule has 0 aliphatic rings. The van der Waals surface area contributed by atoms with Crippen molar-refractivity contribution >= 4 is 11.6 Å². The fourth-order valence-electron chi connectivity index (χ4n) is 2.04. The maximum atomic E-state index is 12.7. The van der Waals surface area contributed by atoms with Gasteiger partial charge in [-0.1, -0.05) is 18.2 Å². The van der Waals surface area contributed by atoms with E-state index in [1.807, 2.05) is 30.3 Å². The average molecular weight is 285 g/mol. The van der Waals surface area contributed by atoms with Gasteiger partial charge in [-0.15, -0.1) is 0 Å². The molecule has 0 fully saturated rings. The Bertz CT molecular complexity index is 665. The summed E-state index contributed by atoms with van der Waals surface area (Å²) in [4.78, 5) is 26.0. The Morgan fingerprint density at radius 2 is 1.95 bits per heavy atom. The zero-order valence-corrected chi connectivity index (χ0v) is 12.0. The molecule has 0 saturated carbocycles. The molecule has 5 heteroatoms. The van der Waals surface area contributed by atoms with E-state index in [1.54, 1.807) is 24.2 Å². The molecule has 0 saturated heterocycles. The number of carbonyl (C=O) groups is 1. The van der Waals surface area contributed by atoms with Gasteiger partial charge in [0.05, 0.1) is 0 Å². The van der Waals surface area contributed by atoms with Gasteiger partial charge in [0.2, 0.25) is 0 Å². The number of nitrogens with zero attached hydrogens (tertiary/aromatic N) is 2. The lowest BCUT2D eigenvalue weighted by Crippen LogP contribution is -2.34. The Morgan fingerprint density at radius 3 is 2.57 bits per heavy atom. The summed E-state index contributed by atoms with van der Waals surface area (Å²) in [5, 5.41) is 0. The van der Waals surface area contributed by atoms with Crippen molar-refractivity contribution in [2.45, 2.75) is 6.42 Å². The van der Waals surface area contributed by atoms with Gasteiger partial charge in [0, 0.05) is 37.1 Å². The summed E-state index contributed by atoms with van der Waals surface area (Å²) in [6.45, 7) is 1.03. The van der Waals surface area contributed by atoms with Crippen molar-refractivity contribution in [2.24, 2.45) is 12.8 Å². The van der Waals surface area contributed by atoms with Crippen LogP contribution in [0.15, 0.2) is 53.5 Å². The zero-order valence-electron chi connectivity index (χ0n) is 12.0. The van der Waals surface area contributed by atoms with Gasteiger partial charge in [0.15, 0.2) is 0 Å². The molecule has 5 nitrogen and oxygen atoms in total. The molecule has 1 heterocycles. The van der Waals surface area contributed by atoms with Crippen molar-refractivity contribution in [1.82, 2.24) is 4.57 Å². The molecule has 1 amide bonds. The van der Waals surface area contributed by atoms with Crippen molar-refractivity contribution in [3.63, 3.8) is 0 Å². The van der Waals surface area contributed by atoms with Gasteiger partial charge >= 0.3 is 0 Å².